The number of hydrogen-bond acceptors (Lipinski definition) is 3. The lowest BCUT2D eigenvalue weighted by Crippen LogP contribution is -2.52. The van der Waals surface area contributed by atoms with Gasteiger partial charge in [0.05, 0.1) is 0 Å². The van der Waals surface area contributed by atoms with Crippen LogP contribution in [-0.4, -0.2) is 48.3 Å². The Morgan fingerprint density at radius 3 is 2.59 bits per heavy atom. The second kappa shape index (κ2) is 6.72. The van der Waals surface area contributed by atoms with E-state index in [1.165, 1.54) is 51.7 Å². The summed E-state index contributed by atoms with van der Waals surface area (Å²) in [6, 6.07) is 1.39. The van der Waals surface area contributed by atoms with Crippen LogP contribution >= 0.6 is 0 Å². The Kier molecular flexibility index (Phi) is 5.26. The Morgan fingerprint density at radius 1 is 1.24 bits per heavy atom. The minimum atomic E-state index is 0.365. The average Bonchev–Trinajstić information content (AvgIpc) is 2.40. The van der Waals surface area contributed by atoms with Crippen molar-refractivity contribution >= 4 is 0 Å². The predicted octanol–water partition coefficient (Wildman–Crippen LogP) is 1.61. The van der Waals surface area contributed by atoms with Crippen LogP contribution in [0.1, 0.15) is 45.4 Å². The van der Waals surface area contributed by atoms with E-state index in [0.717, 1.165) is 12.3 Å². The molecule has 0 amide bonds. The zero-order chi connectivity index (χ0) is 12.1. The molecule has 0 aromatic heterocycles. The molecule has 0 aliphatic carbocycles. The number of hydrogen-bond donors (Lipinski definition) is 2. The molecule has 100 valence electrons. The Hall–Kier alpha value is -0.120. The lowest BCUT2D eigenvalue weighted by atomic mass is 9.91. The van der Waals surface area contributed by atoms with Crippen molar-refractivity contribution in [3.8, 4) is 0 Å². The highest BCUT2D eigenvalue weighted by Crippen LogP contribution is 2.24. The number of likely N-dealkylation sites (tertiary alicyclic amines) is 1. The van der Waals surface area contributed by atoms with Gasteiger partial charge in [-0.25, -0.2) is 0 Å². The second-order valence-electron chi connectivity index (χ2n) is 5.79. The van der Waals surface area contributed by atoms with Gasteiger partial charge in [0.1, 0.15) is 0 Å². The zero-order valence-corrected chi connectivity index (χ0v) is 11.2. The lowest BCUT2D eigenvalue weighted by Gasteiger charge is -2.41. The van der Waals surface area contributed by atoms with Gasteiger partial charge in [-0.05, 0) is 64.6 Å². The zero-order valence-electron chi connectivity index (χ0n) is 11.2. The van der Waals surface area contributed by atoms with Gasteiger partial charge in [-0.2, -0.15) is 0 Å². The van der Waals surface area contributed by atoms with Crippen LogP contribution in [0.4, 0.5) is 0 Å². The number of nitrogens with zero attached hydrogens (tertiary/aromatic N) is 1. The molecule has 2 aliphatic rings. The van der Waals surface area contributed by atoms with Crippen molar-refractivity contribution in [2.24, 2.45) is 5.92 Å². The van der Waals surface area contributed by atoms with Gasteiger partial charge < -0.3 is 10.4 Å². The van der Waals surface area contributed by atoms with Crippen molar-refractivity contribution in [1.29, 1.82) is 0 Å². The lowest BCUT2D eigenvalue weighted by molar-refractivity contribution is 0.0984. The number of aliphatic hydroxyl groups excluding tert-OH is 1. The largest absolute Gasteiger partial charge is 0.396 e. The standard InChI is InChI=1S/C14H28N2O/c1-12(14-4-2-3-8-15-14)16-9-5-13(6-10-16)7-11-17/h12-15,17H,2-11H2,1H3. The maximum absolute atomic E-state index is 8.97. The summed E-state index contributed by atoms with van der Waals surface area (Å²) < 4.78 is 0. The number of aliphatic hydroxyl groups is 1. The molecule has 3 nitrogen and oxygen atoms in total. The molecule has 0 aromatic carbocycles. The van der Waals surface area contributed by atoms with Crippen molar-refractivity contribution in [3.05, 3.63) is 0 Å². The molecule has 2 unspecified atom stereocenters. The van der Waals surface area contributed by atoms with E-state index in [1.807, 2.05) is 0 Å². The first-order valence-corrected chi connectivity index (χ1v) is 7.39. The van der Waals surface area contributed by atoms with Crippen molar-refractivity contribution in [3.63, 3.8) is 0 Å². The topological polar surface area (TPSA) is 35.5 Å². The first kappa shape index (κ1) is 13.3. The van der Waals surface area contributed by atoms with Gasteiger partial charge in [-0.15, -0.1) is 0 Å². The molecule has 2 N–H and O–H groups in total. The number of piperidine rings is 2. The van der Waals surface area contributed by atoms with Gasteiger partial charge in [0, 0.05) is 18.7 Å². The molecule has 0 saturated carbocycles. The summed E-state index contributed by atoms with van der Waals surface area (Å²) in [4.78, 5) is 2.65. The summed E-state index contributed by atoms with van der Waals surface area (Å²) in [6.07, 6.45) is 7.64. The molecule has 2 fully saturated rings. The normalized spacial score (nSPS) is 30.4. The molecule has 0 radical (unpaired) electrons. The third-order valence-electron chi connectivity index (χ3n) is 4.69. The molecular formula is C14H28N2O. The fraction of sp³-hybridized carbons (Fsp3) is 1.00. The Balaban J connectivity index is 1.75. The first-order chi connectivity index (χ1) is 8.31. The van der Waals surface area contributed by atoms with Crippen molar-refractivity contribution in [2.75, 3.05) is 26.2 Å². The minimum absolute atomic E-state index is 0.365. The number of nitrogens with one attached hydrogen (secondary N) is 1. The van der Waals surface area contributed by atoms with Crippen LogP contribution < -0.4 is 5.32 Å². The van der Waals surface area contributed by atoms with Gasteiger partial charge in [-0.3, -0.25) is 4.90 Å². The van der Waals surface area contributed by atoms with E-state index in [9.17, 15) is 0 Å². The average molecular weight is 240 g/mol. The molecule has 2 saturated heterocycles. The van der Waals surface area contributed by atoms with Crippen molar-refractivity contribution < 1.29 is 5.11 Å². The quantitative estimate of drug-likeness (QED) is 0.784. The Labute approximate surface area is 106 Å². The fourth-order valence-corrected chi connectivity index (χ4v) is 3.38. The summed E-state index contributed by atoms with van der Waals surface area (Å²) in [7, 11) is 0. The van der Waals surface area contributed by atoms with Crippen LogP contribution in [-0.2, 0) is 0 Å². The predicted molar refractivity (Wildman–Crippen MR) is 71.1 cm³/mol. The third-order valence-corrected chi connectivity index (χ3v) is 4.69. The van der Waals surface area contributed by atoms with Gasteiger partial charge in [-0.1, -0.05) is 6.42 Å². The van der Waals surface area contributed by atoms with E-state index >= 15 is 0 Å². The molecule has 2 atom stereocenters. The van der Waals surface area contributed by atoms with Crippen LogP contribution in [0.15, 0.2) is 0 Å². The Bertz CT molecular complexity index is 208. The monoisotopic (exact) mass is 240 g/mol. The fourth-order valence-electron chi connectivity index (χ4n) is 3.38. The molecule has 2 heterocycles. The second-order valence-corrected chi connectivity index (χ2v) is 5.79. The van der Waals surface area contributed by atoms with Gasteiger partial charge in [0.25, 0.3) is 0 Å². The third kappa shape index (κ3) is 3.67. The molecule has 0 bridgehead atoms. The minimum Gasteiger partial charge on any atom is -0.396 e. The summed E-state index contributed by atoms with van der Waals surface area (Å²) in [5.41, 5.74) is 0. The highest BCUT2D eigenvalue weighted by molar-refractivity contribution is 4.86. The molecule has 2 aliphatic heterocycles. The van der Waals surface area contributed by atoms with Crippen LogP contribution in [0.3, 0.4) is 0 Å². The molecule has 0 spiro atoms. The molecular weight excluding hydrogens is 212 g/mol. The van der Waals surface area contributed by atoms with Crippen LogP contribution in [0.25, 0.3) is 0 Å². The Morgan fingerprint density at radius 2 is 2.00 bits per heavy atom. The summed E-state index contributed by atoms with van der Waals surface area (Å²) >= 11 is 0. The van der Waals surface area contributed by atoms with E-state index in [-0.39, 0.29) is 0 Å². The highest BCUT2D eigenvalue weighted by atomic mass is 16.3. The first-order valence-electron chi connectivity index (χ1n) is 7.39. The van der Waals surface area contributed by atoms with E-state index in [1.54, 1.807) is 0 Å². The summed E-state index contributed by atoms with van der Waals surface area (Å²) in [5, 5.41) is 12.6. The van der Waals surface area contributed by atoms with Gasteiger partial charge in [0.2, 0.25) is 0 Å². The SMILES string of the molecule is CC(C1CCCCN1)N1CCC(CCO)CC1. The van der Waals surface area contributed by atoms with E-state index in [2.05, 4.69) is 17.1 Å². The molecule has 3 heteroatoms. The van der Waals surface area contributed by atoms with E-state index in [0.29, 0.717) is 18.7 Å². The smallest absolute Gasteiger partial charge is 0.0433 e. The van der Waals surface area contributed by atoms with Crippen LogP contribution in [0, 0.1) is 5.92 Å². The molecule has 0 aromatic rings. The van der Waals surface area contributed by atoms with Gasteiger partial charge >= 0.3 is 0 Å². The van der Waals surface area contributed by atoms with Crippen molar-refractivity contribution in [1.82, 2.24) is 10.2 Å². The highest BCUT2D eigenvalue weighted by Gasteiger charge is 2.28. The number of rotatable bonds is 4. The molecule has 2 rings (SSSR count). The maximum Gasteiger partial charge on any atom is 0.0433 e. The molecule has 17 heavy (non-hydrogen) atoms. The summed E-state index contributed by atoms with van der Waals surface area (Å²) in [6.45, 7) is 6.41. The van der Waals surface area contributed by atoms with E-state index < -0.39 is 0 Å². The van der Waals surface area contributed by atoms with Crippen molar-refractivity contribution in [2.45, 2.75) is 57.5 Å². The summed E-state index contributed by atoms with van der Waals surface area (Å²) in [5.74, 6) is 0.766. The maximum atomic E-state index is 8.97. The van der Waals surface area contributed by atoms with Gasteiger partial charge in [0.15, 0.2) is 0 Å². The van der Waals surface area contributed by atoms with E-state index in [4.69, 9.17) is 5.11 Å². The van der Waals surface area contributed by atoms with Crippen LogP contribution in [0.5, 0.6) is 0 Å². The van der Waals surface area contributed by atoms with Crippen LogP contribution in [0.2, 0.25) is 0 Å².